The number of aliphatic hydroxyl groups excluding tert-OH is 1. The maximum atomic E-state index is 13.7. The molecule has 4 atom stereocenters. The molecule has 1 aromatic carbocycles. The number of aryl methyl sites for hydroxylation is 2. The Kier molecular flexibility index (Phi) is 7.28. The summed E-state index contributed by atoms with van der Waals surface area (Å²) in [4.78, 5) is 34.0. The second-order valence-corrected chi connectivity index (χ2v) is 11.5. The highest BCUT2D eigenvalue weighted by Crippen LogP contribution is 2.34. The highest BCUT2D eigenvalue weighted by atomic mass is 32.1. The second-order valence-electron chi connectivity index (χ2n) is 10.6. The van der Waals surface area contributed by atoms with Crippen LogP contribution in [-0.2, 0) is 9.59 Å². The topological polar surface area (TPSA) is 113 Å². The summed E-state index contributed by atoms with van der Waals surface area (Å²) in [5.41, 5.74) is 5.10. The number of carbonyl (C=O) groups is 2. The summed E-state index contributed by atoms with van der Waals surface area (Å²) in [6.07, 6.45) is 1.16. The number of benzene rings is 1. The first-order valence-electron chi connectivity index (χ1n) is 12.1. The first-order valence-corrected chi connectivity index (χ1v) is 13.0. The average Bonchev–Trinajstić information content (AvgIpc) is 3.53. The Hall–Kier alpha value is -3.11. The Balaban J connectivity index is 1.50. The molecule has 4 rings (SSSR count). The van der Waals surface area contributed by atoms with E-state index in [1.165, 1.54) is 4.90 Å². The Bertz CT molecular complexity index is 1230. The van der Waals surface area contributed by atoms with Gasteiger partial charge in [-0.15, -0.1) is 16.4 Å². The van der Waals surface area contributed by atoms with Gasteiger partial charge < -0.3 is 15.3 Å². The summed E-state index contributed by atoms with van der Waals surface area (Å²) in [6.45, 7) is 11.7. The van der Waals surface area contributed by atoms with Crippen molar-refractivity contribution >= 4 is 23.2 Å². The lowest BCUT2D eigenvalue weighted by molar-refractivity contribution is -0.144. The molecule has 0 spiro atoms. The number of amides is 2. The minimum atomic E-state index is -0.764. The Labute approximate surface area is 215 Å². The number of β-amino-alcohol motifs (C(OH)–C–C–N with tert-alkyl or cyclic N) is 1. The number of carbonyl (C=O) groups excluding carboxylic acids is 2. The fraction of sp³-hybridized carbons (Fsp3) is 0.500. The molecule has 1 aliphatic heterocycles. The second kappa shape index (κ2) is 10.1. The zero-order valence-electron chi connectivity index (χ0n) is 21.6. The lowest BCUT2D eigenvalue weighted by atomic mass is 9.85. The van der Waals surface area contributed by atoms with Gasteiger partial charge in [-0.1, -0.05) is 50.3 Å². The molecule has 1 aliphatic rings. The van der Waals surface area contributed by atoms with E-state index in [0.717, 1.165) is 21.7 Å². The molecule has 0 unspecified atom stereocenters. The number of nitrogens with one attached hydrogen (secondary N) is 1. The molecule has 2 amide bonds. The molecule has 2 N–H and O–H groups in total. The number of hydrogen-bond donors (Lipinski definition) is 2. The van der Waals surface area contributed by atoms with Crippen molar-refractivity contribution in [3.63, 3.8) is 0 Å². The van der Waals surface area contributed by atoms with E-state index in [0.29, 0.717) is 5.69 Å². The van der Waals surface area contributed by atoms with E-state index in [9.17, 15) is 14.7 Å². The van der Waals surface area contributed by atoms with E-state index >= 15 is 0 Å². The summed E-state index contributed by atoms with van der Waals surface area (Å²) < 4.78 is 1.56. The quantitative estimate of drug-likeness (QED) is 0.525. The molecule has 0 bridgehead atoms. The number of aromatic nitrogens is 4. The van der Waals surface area contributed by atoms with Crippen LogP contribution in [0.3, 0.4) is 0 Å². The van der Waals surface area contributed by atoms with Crippen LogP contribution in [-0.4, -0.2) is 60.5 Å². The molecule has 1 saturated heterocycles. The van der Waals surface area contributed by atoms with E-state index in [4.69, 9.17) is 0 Å². The van der Waals surface area contributed by atoms with E-state index < -0.39 is 23.6 Å². The lowest BCUT2D eigenvalue weighted by Gasteiger charge is -2.34. The molecule has 192 valence electrons. The third kappa shape index (κ3) is 5.34. The van der Waals surface area contributed by atoms with Crippen molar-refractivity contribution in [2.45, 2.75) is 72.2 Å². The summed E-state index contributed by atoms with van der Waals surface area (Å²) >= 11 is 1.60. The number of nitrogens with zero attached hydrogens (tertiary/aromatic N) is 5. The molecule has 3 aromatic rings. The Morgan fingerprint density at radius 3 is 2.44 bits per heavy atom. The van der Waals surface area contributed by atoms with Crippen molar-refractivity contribution in [1.82, 2.24) is 30.2 Å². The molecule has 2 aromatic heterocycles. The smallest absolute Gasteiger partial charge is 0.248 e. The van der Waals surface area contributed by atoms with Crippen molar-refractivity contribution < 1.29 is 14.7 Å². The summed E-state index contributed by atoms with van der Waals surface area (Å²) in [5, 5.41) is 21.6. The van der Waals surface area contributed by atoms with E-state index in [2.05, 4.69) is 20.6 Å². The van der Waals surface area contributed by atoms with Gasteiger partial charge in [-0.25, -0.2) is 9.67 Å². The van der Waals surface area contributed by atoms with Crippen LogP contribution in [0.15, 0.2) is 36.0 Å². The van der Waals surface area contributed by atoms with E-state index in [1.807, 2.05) is 71.3 Å². The zero-order valence-corrected chi connectivity index (χ0v) is 22.4. The normalized spacial score (nSPS) is 19.8. The van der Waals surface area contributed by atoms with Crippen molar-refractivity contribution in [2.24, 2.45) is 5.41 Å². The van der Waals surface area contributed by atoms with E-state index in [-0.39, 0.29) is 30.8 Å². The standard InChI is InChI=1S/C26H34N6O3S/c1-15-12-32(30-29-15)23(26(4,5)6)25(35)31-13-20(33)11-21(31)24(34)28-16(2)18-7-9-19(10-8-18)22-17(3)27-14-36-22/h7-10,12,14,16,20-21,23,33H,11,13H2,1-6H3,(H,28,34)/t16-,20-,21+,23+/m0/s1. The average molecular weight is 511 g/mol. The number of rotatable bonds is 6. The summed E-state index contributed by atoms with van der Waals surface area (Å²) in [6, 6.07) is 6.37. The zero-order chi connectivity index (χ0) is 26.2. The molecule has 1 fully saturated rings. The summed E-state index contributed by atoms with van der Waals surface area (Å²) in [7, 11) is 0. The van der Waals surface area contributed by atoms with Crippen LogP contribution in [0.1, 0.15) is 63.2 Å². The molecule has 3 heterocycles. The number of hydrogen-bond acceptors (Lipinski definition) is 7. The van der Waals surface area contributed by atoms with Gasteiger partial charge in [0.05, 0.1) is 33.9 Å². The number of likely N-dealkylation sites (tertiary alicyclic amines) is 1. The van der Waals surface area contributed by atoms with Crippen molar-refractivity contribution in [1.29, 1.82) is 0 Å². The molecule has 9 nitrogen and oxygen atoms in total. The molecule has 36 heavy (non-hydrogen) atoms. The highest BCUT2D eigenvalue weighted by Gasteiger charge is 2.45. The van der Waals surface area contributed by atoms with Gasteiger partial charge in [0, 0.05) is 19.2 Å². The van der Waals surface area contributed by atoms with Gasteiger partial charge >= 0.3 is 0 Å². The fourth-order valence-electron chi connectivity index (χ4n) is 4.73. The molecule has 0 aliphatic carbocycles. The minimum Gasteiger partial charge on any atom is -0.391 e. The van der Waals surface area contributed by atoms with Crippen LogP contribution in [0.2, 0.25) is 0 Å². The fourth-order valence-corrected chi connectivity index (χ4v) is 5.54. The van der Waals surface area contributed by atoms with Crippen LogP contribution in [0.5, 0.6) is 0 Å². The van der Waals surface area contributed by atoms with Crippen LogP contribution < -0.4 is 5.32 Å². The van der Waals surface area contributed by atoms with Gasteiger partial charge in [0.2, 0.25) is 11.8 Å². The highest BCUT2D eigenvalue weighted by molar-refractivity contribution is 7.13. The predicted octanol–water partition coefficient (Wildman–Crippen LogP) is 3.44. The number of aliphatic hydroxyl groups is 1. The maximum absolute atomic E-state index is 13.7. The Morgan fingerprint density at radius 1 is 1.19 bits per heavy atom. The third-order valence-electron chi connectivity index (χ3n) is 6.59. The number of thiazole rings is 1. The Morgan fingerprint density at radius 2 is 1.89 bits per heavy atom. The largest absolute Gasteiger partial charge is 0.391 e. The van der Waals surface area contributed by atoms with Crippen molar-refractivity contribution in [3.8, 4) is 10.4 Å². The molecule has 0 saturated carbocycles. The molecule has 0 radical (unpaired) electrons. The summed E-state index contributed by atoms with van der Waals surface area (Å²) in [5.74, 6) is -0.529. The first-order chi connectivity index (χ1) is 17.0. The van der Waals surface area contributed by atoms with Crippen molar-refractivity contribution in [2.75, 3.05) is 6.54 Å². The SMILES string of the molecule is Cc1cn([C@H](C(=O)N2C[C@@H](O)C[C@@H]2C(=O)N[C@@H](C)c2ccc(-c3scnc3C)cc2)C(C)(C)C)nn1. The van der Waals surface area contributed by atoms with Gasteiger partial charge in [-0.2, -0.15) is 0 Å². The molecular weight excluding hydrogens is 476 g/mol. The van der Waals surface area contributed by atoms with Gasteiger partial charge in [0.25, 0.3) is 0 Å². The van der Waals surface area contributed by atoms with Crippen LogP contribution in [0.25, 0.3) is 10.4 Å². The minimum absolute atomic E-state index is 0.106. The van der Waals surface area contributed by atoms with Gasteiger partial charge in [0.15, 0.2) is 0 Å². The molecule has 10 heteroatoms. The van der Waals surface area contributed by atoms with Gasteiger partial charge in [-0.3, -0.25) is 9.59 Å². The van der Waals surface area contributed by atoms with Crippen LogP contribution in [0, 0.1) is 19.3 Å². The first kappa shape index (κ1) is 26.0. The van der Waals surface area contributed by atoms with Crippen LogP contribution in [0.4, 0.5) is 0 Å². The monoisotopic (exact) mass is 510 g/mol. The van der Waals surface area contributed by atoms with Gasteiger partial charge in [-0.05, 0) is 37.3 Å². The van der Waals surface area contributed by atoms with Crippen LogP contribution >= 0.6 is 11.3 Å². The van der Waals surface area contributed by atoms with E-state index in [1.54, 1.807) is 22.2 Å². The molecular formula is C26H34N6O3S. The maximum Gasteiger partial charge on any atom is 0.248 e. The van der Waals surface area contributed by atoms with Crippen molar-refractivity contribution in [3.05, 3.63) is 52.9 Å². The van der Waals surface area contributed by atoms with Gasteiger partial charge in [0.1, 0.15) is 12.1 Å². The lowest BCUT2D eigenvalue weighted by Crippen LogP contribution is -2.50. The predicted molar refractivity (Wildman–Crippen MR) is 138 cm³/mol. The third-order valence-corrected chi connectivity index (χ3v) is 7.56.